The molecule has 10 heteroatoms. The highest BCUT2D eigenvalue weighted by atomic mass is 32.2. The zero-order chi connectivity index (χ0) is 19.4. The minimum atomic E-state index is -1.34. The number of imide groups is 1. The summed E-state index contributed by atoms with van der Waals surface area (Å²) in [5.74, 6) is -1.71. The largest absolute Gasteiger partial charge is 0.545 e. The smallest absolute Gasteiger partial charge is 0.247 e. The standard InChI is InChI=1S/C17H14N4O5S/c18-17(20-19-9-12-2-1-7-26-12)27-13-8-14(22)21(15(13)23)11-5-3-10(4-6-11)16(24)25/h1-7,9,13H,8H2,(H2,18,20)(H,24,25)/p-1/b19-9-/t13-/m1/s1. The van der Waals surface area contributed by atoms with Gasteiger partial charge in [0.2, 0.25) is 11.8 Å². The number of nitrogens with zero attached hydrogens (tertiary/aromatic N) is 3. The van der Waals surface area contributed by atoms with E-state index in [9.17, 15) is 19.5 Å². The summed E-state index contributed by atoms with van der Waals surface area (Å²) in [4.78, 5) is 36.5. The van der Waals surface area contributed by atoms with Crippen molar-refractivity contribution in [2.45, 2.75) is 11.7 Å². The number of thioether (sulfide) groups is 1. The third-order valence-electron chi connectivity index (χ3n) is 3.61. The first kappa shape index (κ1) is 18.4. The first-order chi connectivity index (χ1) is 13.0. The molecule has 2 N–H and O–H groups in total. The van der Waals surface area contributed by atoms with Crippen LogP contribution in [0.25, 0.3) is 0 Å². The van der Waals surface area contributed by atoms with Gasteiger partial charge < -0.3 is 20.1 Å². The molecular weight excluding hydrogens is 372 g/mol. The van der Waals surface area contributed by atoms with Gasteiger partial charge in [-0.2, -0.15) is 5.10 Å². The molecule has 27 heavy (non-hydrogen) atoms. The number of nitrogens with two attached hydrogens (primary N) is 1. The summed E-state index contributed by atoms with van der Waals surface area (Å²) in [6.45, 7) is 0. The number of carboxylic acids is 1. The van der Waals surface area contributed by atoms with Crippen LogP contribution in [-0.2, 0) is 9.59 Å². The predicted molar refractivity (Wildman–Crippen MR) is 97.2 cm³/mol. The number of hydrogen-bond acceptors (Lipinski definition) is 8. The minimum absolute atomic E-state index is 0.0260. The van der Waals surface area contributed by atoms with E-state index in [2.05, 4.69) is 10.2 Å². The normalized spacial score (nSPS) is 17.9. The Bertz CT molecular complexity index is 921. The van der Waals surface area contributed by atoms with Gasteiger partial charge in [0.25, 0.3) is 0 Å². The highest BCUT2D eigenvalue weighted by Gasteiger charge is 2.40. The maximum Gasteiger partial charge on any atom is 0.247 e. The van der Waals surface area contributed by atoms with E-state index in [1.807, 2.05) is 0 Å². The first-order valence-electron chi connectivity index (χ1n) is 7.70. The number of amidine groups is 1. The molecule has 3 rings (SSSR count). The fraction of sp³-hybridized carbons (Fsp3) is 0.118. The SMILES string of the molecule is NC(=N/N=C\c1ccco1)S[C@@H]1CC(=O)N(c2ccc(C(=O)[O-])cc2)C1=O. The van der Waals surface area contributed by atoms with Crippen molar-refractivity contribution in [2.75, 3.05) is 4.90 Å². The average molecular weight is 385 g/mol. The molecule has 0 unspecified atom stereocenters. The number of carbonyl (C=O) groups excluding carboxylic acids is 3. The van der Waals surface area contributed by atoms with Gasteiger partial charge in [-0.05, 0) is 29.8 Å². The molecule has 1 aromatic carbocycles. The molecule has 1 fully saturated rings. The van der Waals surface area contributed by atoms with Gasteiger partial charge in [-0.15, -0.1) is 5.10 Å². The monoisotopic (exact) mass is 385 g/mol. The second kappa shape index (κ2) is 7.87. The Morgan fingerprint density at radius 1 is 1.30 bits per heavy atom. The summed E-state index contributed by atoms with van der Waals surface area (Å²) in [5, 5.41) is 17.6. The lowest BCUT2D eigenvalue weighted by molar-refractivity contribution is -0.255. The third kappa shape index (κ3) is 4.23. The molecule has 2 amide bonds. The van der Waals surface area contributed by atoms with Gasteiger partial charge in [0.15, 0.2) is 5.17 Å². The molecule has 138 valence electrons. The second-order valence-electron chi connectivity index (χ2n) is 5.41. The minimum Gasteiger partial charge on any atom is -0.545 e. The maximum atomic E-state index is 12.5. The molecule has 2 aromatic rings. The molecule has 9 nitrogen and oxygen atoms in total. The summed E-state index contributed by atoms with van der Waals surface area (Å²) < 4.78 is 5.05. The van der Waals surface area contributed by atoms with Gasteiger partial charge in [-0.25, -0.2) is 4.90 Å². The fourth-order valence-corrected chi connectivity index (χ4v) is 3.21. The van der Waals surface area contributed by atoms with Crippen LogP contribution in [0.3, 0.4) is 0 Å². The fourth-order valence-electron chi connectivity index (χ4n) is 2.39. The molecule has 1 aromatic heterocycles. The Hall–Kier alpha value is -3.40. The molecule has 2 heterocycles. The lowest BCUT2D eigenvalue weighted by atomic mass is 10.2. The van der Waals surface area contributed by atoms with Gasteiger partial charge in [-0.3, -0.25) is 9.59 Å². The van der Waals surface area contributed by atoms with E-state index in [0.29, 0.717) is 5.76 Å². The van der Waals surface area contributed by atoms with E-state index in [0.717, 1.165) is 16.7 Å². The first-order valence-corrected chi connectivity index (χ1v) is 8.58. The quantitative estimate of drug-likeness (QED) is 0.339. The Labute approximate surface area is 157 Å². The van der Waals surface area contributed by atoms with Gasteiger partial charge >= 0.3 is 0 Å². The summed E-state index contributed by atoms with van der Waals surface area (Å²) in [6.07, 6.45) is 2.80. The van der Waals surface area contributed by atoms with Crippen LogP contribution in [0.5, 0.6) is 0 Å². The lowest BCUT2D eigenvalue weighted by Gasteiger charge is -2.15. The van der Waals surface area contributed by atoms with Gasteiger partial charge in [0.05, 0.1) is 24.1 Å². The summed E-state index contributed by atoms with van der Waals surface area (Å²) in [6, 6.07) is 8.67. The van der Waals surface area contributed by atoms with E-state index in [4.69, 9.17) is 10.2 Å². The van der Waals surface area contributed by atoms with Crippen molar-refractivity contribution in [1.82, 2.24) is 0 Å². The van der Waals surface area contributed by atoms with E-state index >= 15 is 0 Å². The molecule has 0 radical (unpaired) electrons. The van der Waals surface area contributed by atoms with Crippen molar-refractivity contribution in [1.29, 1.82) is 0 Å². The van der Waals surface area contributed by atoms with E-state index in [1.165, 1.54) is 36.7 Å². The van der Waals surface area contributed by atoms with Crippen LogP contribution in [-0.4, -0.2) is 34.4 Å². The highest BCUT2D eigenvalue weighted by Crippen LogP contribution is 2.29. The van der Waals surface area contributed by atoms with Gasteiger partial charge in [0.1, 0.15) is 11.0 Å². The topological polar surface area (TPSA) is 141 Å². The zero-order valence-corrected chi connectivity index (χ0v) is 14.6. The zero-order valence-electron chi connectivity index (χ0n) is 13.8. The Morgan fingerprint density at radius 2 is 2.04 bits per heavy atom. The van der Waals surface area contributed by atoms with Gasteiger partial charge in [-0.1, -0.05) is 23.9 Å². The van der Waals surface area contributed by atoms with Crippen LogP contribution in [0.2, 0.25) is 0 Å². The lowest BCUT2D eigenvalue weighted by Crippen LogP contribution is -2.32. The summed E-state index contributed by atoms with van der Waals surface area (Å²) in [5.41, 5.74) is 5.99. The number of benzene rings is 1. The average Bonchev–Trinajstić information content (AvgIpc) is 3.24. The molecule has 0 bridgehead atoms. The molecule has 0 aliphatic carbocycles. The number of hydrogen-bond donors (Lipinski definition) is 1. The molecule has 1 aliphatic rings. The van der Waals surface area contributed by atoms with Crippen LogP contribution in [0, 0.1) is 0 Å². The number of carboxylic acid groups (broad SMARTS) is 1. The Morgan fingerprint density at radius 3 is 2.67 bits per heavy atom. The van der Waals surface area contributed by atoms with Crippen molar-refractivity contribution in [3.63, 3.8) is 0 Å². The van der Waals surface area contributed by atoms with E-state index in [-0.39, 0.29) is 22.8 Å². The number of amides is 2. The number of carbonyl (C=O) groups is 3. The second-order valence-corrected chi connectivity index (χ2v) is 6.63. The van der Waals surface area contributed by atoms with E-state index in [1.54, 1.807) is 12.1 Å². The maximum absolute atomic E-state index is 12.5. The van der Waals surface area contributed by atoms with Crippen molar-refractivity contribution in [3.8, 4) is 0 Å². The number of rotatable bonds is 5. The van der Waals surface area contributed by atoms with Crippen LogP contribution in [0.4, 0.5) is 5.69 Å². The van der Waals surface area contributed by atoms with Crippen LogP contribution >= 0.6 is 11.8 Å². The Kier molecular flexibility index (Phi) is 5.36. The van der Waals surface area contributed by atoms with Crippen molar-refractivity contribution in [3.05, 3.63) is 54.0 Å². The number of aromatic carboxylic acids is 1. The van der Waals surface area contributed by atoms with Crippen molar-refractivity contribution < 1.29 is 23.9 Å². The van der Waals surface area contributed by atoms with E-state index < -0.39 is 23.0 Å². The summed E-state index contributed by atoms with van der Waals surface area (Å²) >= 11 is 0.930. The molecule has 1 atom stereocenters. The summed E-state index contributed by atoms with van der Waals surface area (Å²) in [7, 11) is 0. The Balaban J connectivity index is 1.67. The molecule has 1 aliphatic heterocycles. The van der Waals surface area contributed by atoms with Crippen molar-refractivity contribution >= 4 is 46.6 Å². The molecule has 0 spiro atoms. The van der Waals surface area contributed by atoms with Crippen LogP contribution < -0.4 is 15.7 Å². The predicted octanol–water partition coefficient (Wildman–Crippen LogP) is 0.357. The third-order valence-corrected chi connectivity index (χ3v) is 4.59. The molecular formula is C17H13N4O5S-. The number of furan rings is 1. The highest BCUT2D eigenvalue weighted by molar-refractivity contribution is 8.14. The van der Waals surface area contributed by atoms with Crippen molar-refractivity contribution in [2.24, 2.45) is 15.9 Å². The number of anilines is 1. The van der Waals surface area contributed by atoms with Crippen LogP contribution in [0.1, 0.15) is 22.5 Å². The van der Waals surface area contributed by atoms with Crippen LogP contribution in [0.15, 0.2) is 57.3 Å². The molecule has 1 saturated heterocycles. The molecule has 0 saturated carbocycles. The van der Waals surface area contributed by atoms with Gasteiger partial charge in [0, 0.05) is 6.42 Å².